The Hall–Kier alpha value is -2.73. The van der Waals surface area contributed by atoms with E-state index in [1.807, 2.05) is 19.9 Å². The minimum absolute atomic E-state index is 0.206. The predicted octanol–water partition coefficient (Wildman–Crippen LogP) is 3.86. The smallest absolute Gasteiger partial charge is 0.312 e. The summed E-state index contributed by atoms with van der Waals surface area (Å²) in [7, 11) is 0. The van der Waals surface area contributed by atoms with E-state index in [-0.39, 0.29) is 17.5 Å². The summed E-state index contributed by atoms with van der Waals surface area (Å²) >= 11 is 5.84. The Labute approximate surface area is 137 Å². The first kappa shape index (κ1) is 15.2. The molecule has 23 heavy (non-hydrogen) atoms. The van der Waals surface area contributed by atoms with Crippen LogP contribution < -0.4 is 0 Å². The van der Waals surface area contributed by atoms with E-state index < -0.39 is 0 Å². The zero-order chi connectivity index (χ0) is 16.4. The Balaban J connectivity index is 1.89. The highest BCUT2D eigenvalue weighted by atomic mass is 35.5. The number of aryl methyl sites for hydroxylation is 2. The van der Waals surface area contributed by atoms with Gasteiger partial charge >= 0.3 is 5.95 Å². The van der Waals surface area contributed by atoms with Gasteiger partial charge in [-0.25, -0.2) is 19.9 Å². The van der Waals surface area contributed by atoms with E-state index >= 15 is 0 Å². The third kappa shape index (κ3) is 3.54. The van der Waals surface area contributed by atoms with Crippen LogP contribution in [0.4, 0.5) is 5.95 Å². The molecule has 2 aromatic heterocycles. The van der Waals surface area contributed by atoms with Crippen LogP contribution in [0.15, 0.2) is 39.7 Å². The number of halogens is 1. The molecule has 3 aromatic rings. The fourth-order valence-corrected chi connectivity index (χ4v) is 2.13. The van der Waals surface area contributed by atoms with Gasteiger partial charge in [-0.3, -0.25) is 0 Å². The van der Waals surface area contributed by atoms with Crippen molar-refractivity contribution in [2.45, 2.75) is 13.8 Å². The van der Waals surface area contributed by atoms with Crippen molar-refractivity contribution in [1.82, 2.24) is 15.0 Å². The molecule has 0 bridgehead atoms. The highest BCUT2D eigenvalue weighted by Gasteiger charge is 2.12. The summed E-state index contributed by atoms with van der Waals surface area (Å²) in [6, 6.07) is 8.79. The molecule has 0 radical (unpaired) electrons. The Morgan fingerprint density at radius 3 is 2.39 bits per heavy atom. The van der Waals surface area contributed by atoms with Gasteiger partial charge in [0, 0.05) is 22.0 Å². The van der Waals surface area contributed by atoms with Crippen LogP contribution in [0.2, 0.25) is 5.02 Å². The van der Waals surface area contributed by atoms with E-state index in [4.69, 9.17) is 16.0 Å². The Kier molecular flexibility index (Phi) is 4.08. The van der Waals surface area contributed by atoms with Gasteiger partial charge in [0.2, 0.25) is 11.8 Å². The molecule has 0 unspecified atom stereocenters. The number of rotatable bonds is 3. The van der Waals surface area contributed by atoms with Crippen LogP contribution in [0.5, 0.6) is 5.95 Å². The zero-order valence-corrected chi connectivity index (χ0v) is 13.2. The molecule has 0 fully saturated rings. The van der Waals surface area contributed by atoms with Gasteiger partial charge in [0.15, 0.2) is 5.69 Å². The average molecular weight is 329 g/mol. The molecule has 7 heteroatoms. The second-order valence-electron chi connectivity index (χ2n) is 4.93. The molecule has 0 aliphatic heterocycles. The number of aliphatic imine (C=N–C) groups is 1. The SMILES string of the molecule is Cc1cc(C)nc(N=Cc2nc(-c3ccc(Cl)cc3)oc2O)n1. The topological polar surface area (TPSA) is 84.4 Å². The summed E-state index contributed by atoms with van der Waals surface area (Å²) in [5.41, 5.74) is 2.54. The van der Waals surface area contributed by atoms with Gasteiger partial charge in [0.05, 0.1) is 6.21 Å². The number of nitrogens with zero attached hydrogens (tertiary/aromatic N) is 4. The van der Waals surface area contributed by atoms with Crippen LogP contribution >= 0.6 is 11.6 Å². The van der Waals surface area contributed by atoms with E-state index in [2.05, 4.69) is 19.9 Å². The second kappa shape index (κ2) is 6.18. The molecule has 0 aliphatic carbocycles. The van der Waals surface area contributed by atoms with E-state index in [1.165, 1.54) is 6.21 Å². The van der Waals surface area contributed by atoms with Gasteiger partial charge in [-0.15, -0.1) is 0 Å². The van der Waals surface area contributed by atoms with Gasteiger partial charge in [-0.05, 0) is 44.2 Å². The third-order valence-electron chi connectivity index (χ3n) is 3.00. The Morgan fingerprint density at radius 2 is 1.74 bits per heavy atom. The predicted molar refractivity (Wildman–Crippen MR) is 87.4 cm³/mol. The van der Waals surface area contributed by atoms with Crippen molar-refractivity contribution in [3.63, 3.8) is 0 Å². The molecule has 0 aliphatic rings. The van der Waals surface area contributed by atoms with Crippen molar-refractivity contribution in [3.05, 3.63) is 52.4 Å². The number of benzene rings is 1. The largest absolute Gasteiger partial charge is 0.479 e. The van der Waals surface area contributed by atoms with Crippen LogP contribution in [0, 0.1) is 13.8 Å². The Morgan fingerprint density at radius 1 is 1.09 bits per heavy atom. The van der Waals surface area contributed by atoms with Gasteiger partial charge in [-0.2, -0.15) is 0 Å². The lowest BCUT2D eigenvalue weighted by Crippen LogP contribution is -1.90. The molecule has 1 N–H and O–H groups in total. The maximum absolute atomic E-state index is 9.85. The standard InChI is InChI=1S/C16H13ClN4O2/c1-9-7-10(2)20-16(19-9)18-8-13-15(22)23-14(21-13)11-3-5-12(17)6-4-11/h3-8,22H,1-2H3. The summed E-state index contributed by atoms with van der Waals surface area (Å²) in [6.45, 7) is 3.72. The fraction of sp³-hybridized carbons (Fsp3) is 0.125. The first-order valence-corrected chi connectivity index (χ1v) is 7.21. The van der Waals surface area contributed by atoms with Crippen LogP contribution in [0.3, 0.4) is 0 Å². The molecule has 0 amide bonds. The molecule has 0 spiro atoms. The summed E-state index contributed by atoms with van der Waals surface area (Å²) in [6.07, 6.45) is 1.37. The van der Waals surface area contributed by atoms with Crippen molar-refractivity contribution >= 4 is 23.8 Å². The third-order valence-corrected chi connectivity index (χ3v) is 3.25. The minimum atomic E-state index is -0.317. The maximum atomic E-state index is 9.85. The lowest BCUT2D eigenvalue weighted by Gasteiger charge is -1.96. The maximum Gasteiger partial charge on any atom is 0.312 e. The first-order valence-electron chi connectivity index (χ1n) is 6.83. The average Bonchev–Trinajstić information content (AvgIpc) is 2.86. The molecular formula is C16H13ClN4O2. The molecule has 6 nitrogen and oxygen atoms in total. The van der Waals surface area contributed by atoms with E-state index in [1.54, 1.807) is 24.3 Å². The lowest BCUT2D eigenvalue weighted by atomic mass is 10.2. The van der Waals surface area contributed by atoms with Crippen molar-refractivity contribution in [2.24, 2.45) is 4.99 Å². The molecule has 116 valence electrons. The van der Waals surface area contributed by atoms with Crippen molar-refractivity contribution in [2.75, 3.05) is 0 Å². The summed E-state index contributed by atoms with van der Waals surface area (Å²) < 4.78 is 5.25. The number of aromatic hydroxyl groups is 1. The highest BCUT2D eigenvalue weighted by Crippen LogP contribution is 2.26. The minimum Gasteiger partial charge on any atom is -0.479 e. The van der Waals surface area contributed by atoms with Crippen molar-refractivity contribution < 1.29 is 9.52 Å². The normalized spacial score (nSPS) is 11.3. The zero-order valence-electron chi connectivity index (χ0n) is 12.5. The van der Waals surface area contributed by atoms with Crippen molar-refractivity contribution in [3.8, 4) is 17.4 Å². The van der Waals surface area contributed by atoms with Gasteiger partial charge < -0.3 is 9.52 Å². The van der Waals surface area contributed by atoms with E-state index in [0.717, 1.165) is 11.4 Å². The molecule has 0 saturated heterocycles. The second-order valence-corrected chi connectivity index (χ2v) is 5.36. The quantitative estimate of drug-likeness (QED) is 0.738. The van der Waals surface area contributed by atoms with Crippen LogP contribution in [0.25, 0.3) is 11.5 Å². The molecule has 1 aromatic carbocycles. The van der Waals surface area contributed by atoms with Crippen LogP contribution in [0.1, 0.15) is 17.1 Å². The highest BCUT2D eigenvalue weighted by molar-refractivity contribution is 6.30. The first-order chi connectivity index (χ1) is 11.0. The summed E-state index contributed by atoms with van der Waals surface area (Å²) in [5, 5.41) is 10.5. The van der Waals surface area contributed by atoms with E-state index in [0.29, 0.717) is 16.5 Å². The number of aromatic nitrogens is 3. The number of hydrogen-bond acceptors (Lipinski definition) is 6. The molecule has 0 atom stereocenters. The van der Waals surface area contributed by atoms with Crippen molar-refractivity contribution in [1.29, 1.82) is 0 Å². The van der Waals surface area contributed by atoms with Gasteiger partial charge in [0.25, 0.3) is 0 Å². The summed E-state index contributed by atoms with van der Waals surface area (Å²) in [4.78, 5) is 16.7. The number of oxazole rings is 1. The van der Waals surface area contributed by atoms with E-state index in [9.17, 15) is 5.11 Å². The summed E-state index contributed by atoms with van der Waals surface area (Å²) in [5.74, 6) is 0.267. The van der Waals surface area contributed by atoms with Gasteiger partial charge in [0.1, 0.15) is 0 Å². The lowest BCUT2D eigenvalue weighted by molar-refractivity contribution is 0.337. The van der Waals surface area contributed by atoms with Gasteiger partial charge in [-0.1, -0.05) is 11.6 Å². The van der Waals surface area contributed by atoms with Crippen LogP contribution in [-0.2, 0) is 0 Å². The van der Waals surface area contributed by atoms with Crippen LogP contribution in [-0.4, -0.2) is 26.3 Å². The molecule has 2 heterocycles. The number of hydrogen-bond donors (Lipinski definition) is 1. The molecule has 0 saturated carbocycles. The monoisotopic (exact) mass is 328 g/mol. The molecule has 3 rings (SSSR count). The molecular weight excluding hydrogens is 316 g/mol. The fourth-order valence-electron chi connectivity index (χ4n) is 2.01. The Bertz CT molecular complexity index is 852.